The molecule has 6 heteroatoms. The van der Waals surface area contributed by atoms with Crippen LogP contribution in [0.5, 0.6) is 0 Å². The van der Waals surface area contributed by atoms with E-state index in [0.29, 0.717) is 26.1 Å². The highest BCUT2D eigenvalue weighted by molar-refractivity contribution is 5.76. The normalized spacial score (nSPS) is 22.7. The Morgan fingerprint density at radius 2 is 2.13 bits per heavy atom. The van der Waals surface area contributed by atoms with Gasteiger partial charge in [-0.3, -0.25) is 4.79 Å². The Morgan fingerprint density at radius 3 is 2.91 bits per heavy atom. The first kappa shape index (κ1) is 14.4. The maximum Gasteiger partial charge on any atom is 0.222 e. The smallest absolute Gasteiger partial charge is 0.222 e. The Hall–Kier alpha value is -2.21. The summed E-state index contributed by atoms with van der Waals surface area (Å²) in [5, 5.41) is 8.73. The molecule has 0 bridgehead atoms. The number of hydrogen-bond donors (Lipinski definition) is 0. The molecule has 0 aliphatic carbocycles. The first-order valence-electron chi connectivity index (χ1n) is 8.16. The molecular weight excluding hydrogens is 292 g/mol. The van der Waals surface area contributed by atoms with Gasteiger partial charge >= 0.3 is 0 Å². The third-order valence-electron chi connectivity index (χ3n) is 4.64. The number of rotatable bonds is 3. The largest absolute Gasteiger partial charge is 0.368 e. The Kier molecular flexibility index (Phi) is 3.61. The lowest BCUT2D eigenvalue weighted by Crippen LogP contribution is -2.32. The van der Waals surface area contributed by atoms with Gasteiger partial charge in [0.15, 0.2) is 0 Å². The lowest BCUT2D eigenvalue weighted by Gasteiger charge is -2.26. The zero-order valence-electron chi connectivity index (χ0n) is 13.2. The Bertz CT molecular complexity index is 713. The minimum atomic E-state index is 0.0219. The maximum atomic E-state index is 12.2. The summed E-state index contributed by atoms with van der Waals surface area (Å²) in [7, 11) is 0. The van der Waals surface area contributed by atoms with Crippen molar-refractivity contribution < 1.29 is 9.53 Å². The molecule has 3 heterocycles. The van der Waals surface area contributed by atoms with Crippen molar-refractivity contribution in [2.24, 2.45) is 0 Å². The van der Waals surface area contributed by atoms with Gasteiger partial charge in [-0.05, 0) is 6.42 Å². The van der Waals surface area contributed by atoms with Crippen molar-refractivity contribution in [3.63, 3.8) is 0 Å². The molecule has 0 spiro atoms. The van der Waals surface area contributed by atoms with Gasteiger partial charge in [-0.25, -0.2) is 4.68 Å². The zero-order chi connectivity index (χ0) is 15.8. The van der Waals surface area contributed by atoms with E-state index in [1.165, 1.54) is 0 Å². The molecule has 2 aliphatic heterocycles. The fraction of sp³-hybridized carbons (Fsp3) is 0.471. The van der Waals surface area contributed by atoms with Crippen LogP contribution in [0.2, 0.25) is 0 Å². The van der Waals surface area contributed by atoms with Crippen molar-refractivity contribution in [2.75, 3.05) is 13.1 Å². The van der Waals surface area contributed by atoms with Gasteiger partial charge in [0.1, 0.15) is 5.69 Å². The molecule has 0 radical (unpaired) electrons. The average molecular weight is 312 g/mol. The summed E-state index contributed by atoms with van der Waals surface area (Å²) >= 11 is 0. The van der Waals surface area contributed by atoms with Crippen LogP contribution in [-0.4, -0.2) is 45.0 Å². The molecule has 1 aromatic heterocycles. The standard InChI is InChI=1S/C17H20N4O2/c1-2-6-16(22)20-9-13-15(10-20)23-11-14-17(18-19-21(13)14)12-7-4-3-5-8-12/h3-5,7-8,13,15H,2,6,9-11H2,1H3/t13-,15?/m1/s1. The van der Waals surface area contributed by atoms with E-state index < -0.39 is 0 Å². The summed E-state index contributed by atoms with van der Waals surface area (Å²) in [6, 6.07) is 10.1. The van der Waals surface area contributed by atoms with Crippen LogP contribution in [0, 0.1) is 0 Å². The van der Waals surface area contributed by atoms with Crippen LogP contribution in [0.25, 0.3) is 11.3 Å². The van der Waals surface area contributed by atoms with Gasteiger partial charge in [0.05, 0.1) is 24.4 Å². The molecule has 1 fully saturated rings. The van der Waals surface area contributed by atoms with E-state index in [0.717, 1.165) is 23.4 Å². The summed E-state index contributed by atoms with van der Waals surface area (Å²) in [4.78, 5) is 14.1. The predicted molar refractivity (Wildman–Crippen MR) is 84.6 cm³/mol. The molecule has 23 heavy (non-hydrogen) atoms. The molecule has 0 N–H and O–H groups in total. The van der Waals surface area contributed by atoms with Crippen LogP contribution in [0.4, 0.5) is 0 Å². The van der Waals surface area contributed by atoms with Crippen LogP contribution in [0.15, 0.2) is 30.3 Å². The minimum Gasteiger partial charge on any atom is -0.368 e. The summed E-state index contributed by atoms with van der Waals surface area (Å²) in [5.41, 5.74) is 2.93. The highest BCUT2D eigenvalue weighted by Gasteiger charge is 2.42. The summed E-state index contributed by atoms with van der Waals surface area (Å²) < 4.78 is 7.98. The number of amides is 1. The van der Waals surface area contributed by atoms with Crippen LogP contribution >= 0.6 is 0 Å². The van der Waals surface area contributed by atoms with Crippen LogP contribution < -0.4 is 0 Å². The van der Waals surface area contributed by atoms with Gasteiger partial charge in [0.25, 0.3) is 0 Å². The van der Waals surface area contributed by atoms with Crippen molar-refractivity contribution >= 4 is 5.91 Å². The van der Waals surface area contributed by atoms with Crippen LogP contribution in [0.3, 0.4) is 0 Å². The number of hydrogen-bond acceptors (Lipinski definition) is 4. The average Bonchev–Trinajstić information content (AvgIpc) is 3.19. The summed E-state index contributed by atoms with van der Waals surface area (Å²) in [5.74, 6) is 0.204. The lowest BCUT2D eigenvalue weighted by molar-refractivity contribution is -0.130. The van der Waals surface area contributed by atoms with Crippen molar-refractivity contribution in [2.45, 2.75) is 38.5 Å². The second-order valence-electron chi connectivity index (χ2n) is 6.16. The van der Waals surface area contributed by atoms with E-state index in [2.05, 4.69) is 10.3 Å². The van der Waals surface area contributed by atoms with Crippen LogP contribution in [-0.2, 0) is 16.1 Å². The quantitative estimate of drug-likeness (QED) is 0.870. The Labute approximate surface area is 135 Å². The monoisotopic (exact) mass is 312 g/mol. The number of ether oxygens (including phenoxy) is 1. The predicted octanol–water partition coefficient (Wildman–Crippen LogP) is 2.03. The van der Waals surface area contributed by atoms with Gasteiger partial charge in [0.2, 0.25) is 5.91 Å². The van der Waals surface area contributed by atoms with Crippen molar-refractivity contribution in [1.82, 2.24) is 19.9 Å². The highest BCUT2D eigenvalue weighted by atomic mass is 16.5. The van der Waals surface area contributed by atoms with Crippen molar-refractivity contribution in [1.29, 1.82) is 0 Å². The highest BCUT2D eigenvalue weighted by Crippen LogP contribution is 2.34. The van der Waals surface area contributed by atoms with Gasteiger partial charge in [-0.15, -0.1) is 5.10 Å². The fourth-order valence-corrected chi connectivity index (χ4v) is 3.45. The molecule has 1 unspecified atom stereocenters. The third-order valence-corrected chi connectivity index (χ3v) is 4.64. The molecule has 1 saturated heterocycles. The Balaban J connectivity index is 1.62. The van der Waals surface area contributed by atoms with Gasteiger partial charge < -0.3 is 9.64 Å². The first-order chi connectivity index (χ1) is 11.3. The maximum absolute atomic E-state index is 12.2. The number of likely N-dealkylation sites (tertiary alicyclic amines) is 1. The Morgan fingerprint density at radius 1 is 1.30 bits per heavy atom. The SMILES string of the molecule is CCCC(=O)N1CC2OCc3c(-c4ccccc4)nnn3[C@@H]2C1. The minimum absolute atomic E-state index is 0.0219. The number of fused-ring (bicyclic) bond motifs is 3. The lowest BCUT2D eigenvalue weighted by atomic mass is 10.1. The van der Waals surface area contributed by atoms with E-state index in [4.69, 9.17) is 4.74 Å². The molecule has 2 aromatic rings. The zero-order valence-corrected chi connectivity index (χ0v) is 13.2. The number of carbonyl (C=O) groups excluding carboxylic acids is 1. The molecule has 2 aliphatic rings. The van der Waals surface area contributed by atoms with E-state index >= 15 is 0 Å². The molecule has 2 atom stereocenters. The summed E-state index contributed by atoms with van der Waals surface area (Å²) in [6.07, 6.45) is 1.49. The van der Waals surface area contributed by atoms with Crippen LogP contribution in [0.1, 0.15) is 31.5 Å². The number of aromatic nitrogens is 3. The number of carbonyl (C=O) groups is 1. The second-order valence-corrected chi connectivity index (χ2v) is 6.16. The fourth-order valence-electron chi connectivity index (χ4n) is 3.45. The topological polar surface area (TPSA) is 60.3 Å². The van der Waals surface area contributed by atoms with Crippen molar-refractivity contribution in [3.05, 3.63) is 36.0 Å². The van der Waals surface area contributed by atoms with E-state index in [1.807, 2.05) is 46.8 Å². The second kappa shape index (κ2) is 5.77. The number of nitrogens with zero attached hydrogens (tertiary/aromatic N) is 4. The molecular formula is C17H20N4O2. The molecule has 4 rings (SSSR count). The third kappa shape index (κ3) is 2.43. The molecule has 0 saturated carbocycles. The number of benzene rings is 1. The van der Waals surface area contributed by atoms with E-state index in [9.17, 15) is 4.79 Å². The van der Waals surface area contributed by atoms with E-state index in [-0.39, 0.29) is 18.1 Å². The molecule has 6 nitrogen and oxygen atoms in total. The van der Waals surface area contributed by atoms with E-state index in [1.54, 1.807) is 0 Å². The van der Waals surface area contributed by atoms with Crippen molar-refractivity contribution in [3.8, 4) is 11.3 Å². The molecule has 120 valence electrons. The first-order valence-corrected chi connectivity index (χ1v) is 8.16. The van der Waals surface area contributed by atoms with Gasteiger partial charge in [-0.1, -0.05) is 42.5 Å². The van der Waals surface area contributed by atoms with Gasteiger partial charge in [0, 0.05) is 25.1 Å². The van der Waals surface area contributed by atoms with Gasteiger partial charge in [-0.2, -0.15) is 0 Å². The molecule has 1 aromatic carbocycles. The molecule has 1 amide bonds. The summed E-state index contributed by atoms with van der Waals surface area (Å²) in [6.45, 7) is 3.84.